The summed E-state index contributed by atoms with van der Waals surface area (Å²) in [5.74, 6) is 3.69. The molecule has 0 amide bonds. The van der Waals surface area contributed by atoms with Gasteiger partial charge in [0.25, 0.3) is 0 Å². The molecule has 0 bridgehead atoms. The van der Waals surface area contributed by atoms with Gasteiger partial charge in [-0.2, -0.15) is 0 Å². The summed E-state index contributed by atoms with van der Waals surface area (Å²) in [7, 11) is 0. The molecule has 2 atom stereocenters. The van der Waals surface area contributed by atoms with Gasteiger partial charge in [0.15, 0.2) is 0 Å². The van der Waals surface area contributed by atoms with Gasteiger partial charge in [-0.25, -0.2) is 9.97 Å². The third-order valence-electron chi connectivity index (χ3n) is 5.87. The summed E-state index contributed by atoms with van der Waals surface area (Å²) in [6.45, 7) is 11.0. The van der Waals surface area contributed by atoms with Crippen LogP contribution in [-0.2, 0) is 4.74 Å². The Balaban J connectivity index is 1.26. The first-order valence-corrected chi connectivity index (χ1v) is 10.3. The van der Waals surface area contributed by atoms with E-state index in [-0.39, 0.29) is 0 Å². The normalized spacial score (nSPS) is 28.3. The lowest BCUT2D eigenvalue weighted by molar-refractivity contribution is -0.0720. The second-order valence-corrected chi connectivity index (χ2v) is 8.49. The van der Waals surface area contributed by atoms with Crippen LogP contribution in [0.2, 0.25) is 0 Å². The minimum atomic E-state index is 0.362. The first kappa shape index (κ1) is 18.0. The van der Waals surface area contributed by atoms with Crippen molar-refractivity contribution in [2.24, 2.45) is 11.8 Å². The Morgan fingerprint density at radius 3 is 2.46 bits per heavy atom. The van der Waals surface area contributed by atoms with Crippen molar-refractivity contribution in [2.75, 3.05) is 49.5 Å². The third kappa shape index (κ3) is 4.86. The average Bonchev–Trinajstić information content (AvgIpc) is 3.44. The molecule has 6 nitrogen and oxygen atoms in total. The number of hydrogen-bond acceptors (Lipinski definition) is 6. The Morgan fingerprint density at radius 1 is 1.04 bits per heavy atom. The van der Waals surface area contributed by atoms with Gasteiger partial charge in [-0.3, -0.25) is 4.90 Å². The second kappa shape index (κ2) is 8.09. The molecule has 0 aromatic carbocycles. The number of rotatable bonds is 6. The van der Waals surface area contributed by atoms with E-state index in [4.69, 9.17) is 4.74 Å². The molecule has 1 aromatic heterocycles. The van der Waals surface area contributed by atoms with E-state index in [0.717, 1.165) is 56.2 Å². The average molecular weight is 360 g/mol. The minimum absolute atomic E-state index is 0.362. The number of aromatic nitrogens is 2. The van der Waals surface area contributed by atoms with Crippen LogP contribution in [0.25, 0.3) is 0 Å². The van der Waals surface area contributed by atoms with Crippen molar-refractivity contribution in [3.8, 4) is 0 Å². The lowest BCUT2D eigenvalue weighted by Crippen LogP contribution is -2.48. The molecular weight excluding hydrogens is 326 g/mol. The quantitative estimate of drug-likeness (QED) is 0.843. The lowest BCUT2D eigenvalue weighted by atomic mass is 9.95. The second-order valence-electron chi connectivity index (χ2n) is 8.49. The third-order valence-corrected chi connectivity index (χ3v) is 5.87. The molecule has 26 heavy (non-hydrogen) atoms. The van der Waals surface area contributed by atoms with Crippen LogP contribution >= 0.6 is 0 Å². The van der Waals surface area contributed by atoms with E-state index in [9.17, 15) is 0 Å². The van der Waals surface area contributed by atoms with Gasteiger partial charge < -0.3 is 15.0 Å². The highest BCUT2D eigenvalue weighted by Crippen LogP contribution is 2.29. The minimum Gasteiger partial charge on any atom is -0.373 e. The lowest BCUT2D eigenvalue weighted by Gasteiger charge is -2.39. The van der Waals surface area contributed by atoms with Gasteiger partial charge in [-0.1, -0.05) is 0 Å². The van der Waals surface area contributed by atoms with Crippen LogP contribution in [0.1, 0.15) is 39.5 Å². The number of anilines is 2. The summed E-state index contributed by atoms with van der Waals surface area (Å²) in [5.41, 5.74) is 0. The van der Waals surface area contributed by atoms with Crippen molar-refractivity contribution in [3.63, 3.8) is 0 Å². The van der Waals surface area contributed by atoms with Crippen molar-refractivity contribution >= 4 is 11.6 Å². The summed E-state index contributed by atoms with van der Waals surface area (Å²) < 4.78 is 5.86. The zero-order valence-corrected chi connectivity index (χ0v) is 16.2. The van der Waals surface area contributed by atoms with Gasteiger partial charge in [0.1, 0.15) is 18.0 Å². The van der Waals surface area contributed by atoms with Gasteiger partial charge in [-0.15, -0.1) is 0 Å². The molecule has 1 N–H and O–H groups in total. The topological polar surface area (TPSA) is 53.5 Å². The van der Waals surface area contributed by atoms with Gasteiger partial charge in [0.2, 0.25) is 0 Å². The number of ether oxygens (including phenoxy) is 1. The Bertz CT molecular complexity index is 575. The van der Waals surface area contributed by atoms with Crippen LogP contribution in [-0.4, -0.2) is 66.3 Å². The Morgan fingerprint density at radius 2 is 1.77 bits per heavy atom. The van der Waals surface area contributed by atoms with Crippen LogP contribution in [0.15, 0.2) is 12.4 Å². The van der Waals surface area contributed by atoms with E-state index in [1.54, 1.807) is 6.33 Å². The zero-order valence-electron chi connectivity index (χ0n) is 16.2. The molecule has 3 fully saturated rings. The maximum atomic E-state index is 5.86. The van der Waals surface area contributed by atoms with Crippen LogP contribution in [0.5, 0.6) is 0 Å². The van der Waals surface area contributed by atoms with E-state index in [0.29, 0.717) is 12.2 Å². The molecule has 1 aromatic rings. The van der Waals surface area contributed by atoms with Crippen LogP contribution in [0.4, 0.5) is 11.6 Å². The molecule has 0 radical (unpaired) electrons. The van der Waals surface area contributed by atoms with Gasteiger partial charge in [0.05, 0.1) is 12.2 Å². The summed E-state index contributed by atoms with van der Waals surface area (Å²) >= 11 is 0. The van der Waals surface area contributed by atoms with E-state index in [2.05, 4.69) is 45.0 Å². The van der Waals surface area contributed by atoms with Crippen LogP contribution in [0.3, 0.4) is 0 Å². The predicted octanol–water partition coefficient (Wildman–Crippen LogP) is 2.62. The fourth-order valence-corrected chi connectivity index (χ4v) is 4.33. The molecule has 3 heterocycles. The predicted molar refractivity (Wildman–Crippen MR) is 105 cm³/mol. The van der Waals surface area contributed by atoms with Crippen LogP contribution in [0, 0.1) is 11.8 Å². The fourth-order valence-electron chi connectivity index (χ4n) is 4.33. The first-order valence-electron chi connectivity index (χ1n) is 10.3. The highest BCUT2D eigenvalue weighted by atomic mass is 16.5. The number of nitrogens with zero attached hydrogens (tertiary/aromatic N) is 4. The Kier molecular flexibility index (Phi) is 5.60. The SMILES string of the molecule is CC1CN(CC2CCN(c3cc(NCC4CC4)ncn3)CC2)CC(C)O1. The smallest absolute Gasteiger partial charge is 0.134 e. The van der Waals surface area contributed by atoms with E-state index in [1.165, 1.54) is 32.2 Å². The Hall–Kier alpha value is -1.40. The standard InChI is InChI=1S/C20H33N5O/c1-15-11-24(12-16(2)26-15)13-18-5-7-25(8-6-18)20-9-19(22-14-23-20)21-10-17-3-4-17/h9,14-18H,3-8,10-13H2,1-2H3,(H,21,22,23). The van der Waals surface area contributed by atoms with Crippen molar-refractivity contribution in [2.45, 2.75) is 51.7 Å². The highest BCUT2D eigenvalue weighted by Gasteiger charge is 2.27. The molecule has 144 valence electrons. The largest absolute Gasteiger partial charge is 0.373 e. The van der Waals surface area contributed by atoms with Crippen LogP contribution < -0.4 is 10.2 Å². The number of piperidine rings is 1. The maximum Gasteiger partial charge on any atom is 0.134 e. The number of nitrogens with one attached hydrogen (secondary N) is 1. The van der Waals surface area contributed by atoms with Gasteiger partial charge in [0, 0.05) is 45.3 Å². The first-order chi connectivity index (χ1) is 12.7. The summed E-state index contributed by atoms with van der Waals surface area (Å²) in [5, 5.41) is 3.46. The van der Waals surface area contributed by atoms with Crippen molar-refractivity contribution in [1.82, 2.24) is 14.9 Å². The molecule has 2 saturated heterocycles. The molecule has 1 aliphatic carbocycles. The monoisotopic (exact) mass is 359 g/mol. The highest BCUT2D eigenvalue weighted by molar-refractivity contribution is 5.48. The van der Waals surface area contributed by atoms with Crippen molar-refractivity contribution in [1.29, 1.82) is 0 Å². The van der Waals surface area contributed by atoms with E-state index in [1.807, 2.05) is 0 Å². The molecule has 4 rings (SSSR count). The summed E-state index contributed by atoms with van der Waals surface area (Å²) in [6, 6.07) is 2.12. The molecule has 0 spiro atoms. The molecule has 6 heteroatoms. The summed E-state index contributed by atoms with van der Waals surface area (Å²) in [6.07, 6.45) is 7.64. The fraction of sp³-hybridized carbons (Fsp3) is 0.800. The van der Waals surface area contributed by atoms with Gasteiger partial charge in [-0.05, 0) is 51.4 Å². The summed E-state index contributed by atoms with van der Waals surface area (Å²) in [4.78, 5) is 13.9. The number of morpholine rings is 1. The molecule has 2 unspecified atom stereocenters. The zero-order chi connectivity index (χ0) is 17.9. The molecule has 2 aliphatic heterocycles. The van der Waals surface area contributed by atoms with Crippen molar-refractivity contribution in [3.05, 3.63) is 12.4 Å². The van der Waals surface area contributed by atoms with E-state index < -0.39 is 0 Å². The van der Waals surface area contributed by atoms with E-state index >= 15 is 0 Å². The van der Waals surface area contributed by atoms with Gasteiger partial charge >= 0.3 is 0 Å². The molecule has 1 saturated carbocycles. The Labute approximate surface area is 157 Å². The molecular formula is C20H33N5O. The number of hydrogen-bond donors (Lipinski definition) is 1. The molecule has 3 aliphatic rings. The van der Waals surface area contributed by atoms with Crippen molar-refractivity contribution < 1.29 is 4.74 Å². The maximum absolute atomic E-state index is 5.86.